The molecule has 1 saturated heterocycles. The smallest absolute Gasteiger partial charge is 0.307 e. The molecule has 2 amide bonds. The number of benzene rings is 1. The van der Waals surface area contributed by atoms with E-state index in [2.05, 4.69) is 5.32 Å². The lowest BCUT2D eigenvalue weighted by molar-refractivity contribution is -0.146. The van der Waals surface area contributed by atoms with Crippen LogP contribution in [0.2, 0.25) is 0 Å². The van der Waals surface area contributed by atoms with Crippen molar-refractivity contribution in [1.82, 2.24) is 0 Å². The zero-order chi connectivity index (χ0) is 17.1. The number of amides is 2. The molecule has 126 valence electrons. The fraction of sp³-hybridized carbons (Fsp3) is 0.389. The Hall–Kier alpha value is -2.63. The number of carbonyl (C=O) groups is 3. The lowest BCUT2D eigenvalue weighted by Gasteiger charge is -2.24. The number of hydrogen-bond acceptors (Lipinski definition) is 3. The van der Waals surface area contributed by atoms with E-state index in [0.29, 0.717) is 24.9 Å². The maximum absolute atomic E-state index is 12.4. The summed E-state index contributed by atoms with van der Waals surface area (Å²) < 4.78 is 0. The van der Waals surface area contributed by atoms with E-state index < -0.39 is 17.8 Å². The van der Waals surface area contributed by atoms with Crippen LogP contribution in [0.1, 0.15) is 25.7 Å². The minimum absolute atomic E-state index is 0.116. The Morgan fingerprint density at radius 1 is 1.08 bits per heavy atom. The number of allylic oxidation sites excluding steroid dienone is 2. The fourth-order valence-corrected chi connectivity index (χ4v) is 3.26. The number of carbonyl (C=O) groups excluding carboxylic acids is 2. The van der Waals surface area contributed by atoms with Crippen LogP contribution in [0.15, 0.2) is 36.4 Å². The highest BCUT2D eigenvalue weighted by atomic mass is 16.4. The lowest BCUT2D eigenvalue weighted by atomic mass is 9.82. The van der Waals surface area contributed by atoms with E-state index >= 15 is 0 Å². The lowest BCUT2D eigenvalue weighted by Crippen LogP contribution is -2.34. The maximum Gasteiger partial charge on any atom is 0.307 e. The predicted molar refractivity (Wildman–Crippen MR) is 89.6 cm³/mol. The van der Waals surface area contributed by atoms with Crippen molar-refractivity contribution in [3.63, 3.8) is 0 Å². The van der Waals surface area contributed by atoms with Crippen LogP contribution in [-0.4, -0.2) is 29.4 Å². The zero-order valence-electron chi connectivity index (χ0n) is 13.3. The van der Waals surface area contributed by atoms with E-state index in [1.165, 1.54) is 0 Å². The van der Waals surface area contributed by atoms with Crippen molar-refractivity contribution in [2.24, 2.45) is 11.8 Å². The van der Waals surface area contributed by atoms with Gasteiger partial charge in [-0.3, -0.25) is 14.4 Å². The Labute approximate surface area is 140 Å². The number of carboxylic acid groups (broad SMARTS) is 1. The molecule has 6 heteroatoms. The molecule has 3 rings (SSSR count). The first-order chi connectivity index (χ1) is 11.6. The van der Waals surface area contributed by atoms with Crippen molar-refractivity contribution in [2.75, 3.05) is 16.8 Å². The first-order valence-electron chi connectivity index (χ1n) is 8.15. The summed E-state index contributed by atoms with van der Waals surface area (Å²) in [6.45, 7) is 0.721. The Morgan fingerprint density at radius 2 is 1.75 bits per heavy atom. The van der Waals surface area contributed by atoms with Gasteiger partial charge in [-0.2, -0.15) is 0 Å². The molecule has 0 saturated carbocycles. The topological polar surface area (TPSA) is 86.7 Å². The van der Waals surface area contributed by atoms with Crippen LogP contribution >= 0.6 is 0 Å². The highest BCUT2D eigenvalue weighted by Crippen LogP contribution is 2.28. The van der Waals surface area contributed by atoms with Gasteiger partial charge < -0.3 is 15.3 Å². The van der Waals surface area contributed by atoms with Gasteiger partial charge in [-0.1, -0.05) is 12.2 Å². The Kier molecular flexibility index (Phi) is 4.64. The number of anilines is 2. The molecule has 24 heavy (non-hydrogen) atoms. The molecule has 6 nitrogen and oxygen atoms in total. The van der Waals surface area contributed by atoms with E-state index in [-0.39, 0.29) is 11.8 Å². The molecule has 1 fully saturated rings. The minimum atomic E-state index is -0.942. The summed E-state index contributed by atoms with van der Waals surface area (Å²) in [5, 5.41) is 12.0. The molecule has 0 aromatic heterocycles. The molecule has 1 aliphatic heterocycles. The van der Waals surface area contributed by atoms with Crippen molar-refractivity contribution in [2.45, 2.75) is 25.7 Å². The van der Waals surface area contributed by atoms with Gasteiger partial charge in [0.2, 0.25) is 11.8 Å². The highest BCUT2D eigenvalue weighted by molar-refractivity contribution is 5.97. The molecule has 1 aromatic carbocycles. The Morgan fingerprint density at radius 3 is 2.33 bits per heavy atom. The van der Waals surface area contributed by atoms with Crippen LogP contribution in [0.5, 0.6) is 0 Å². The Balaban J connectivity index is 1.67. The number of aliphatic carboxylic acids is 1. The van der Waals surface area contributed by atoms with Crippen LogP contribution in [0.4, 0.5) is 11.4 Å². The van der Waals surface area contributed by atoms with Gasteiger partial charge in [0, 0.05) is 24.3 Å². The molecule has 2 aliphatic rings. The van der Waals surface area contributed by atoms with Crippen molar-refractivity contribution >= 4 is 29.2 Å². The molecule has 0 radical (unpaired) electrons. The molecule has 2 atom stereocenters. The van der Waals surface area contributed by atoms with Crippen LogP contribution in [0.3, 0.4) is 0 Å². The van der Waals surface area contributed by atoms with Crippen molar-refractivity contribution in [3.05, 3.63) is 36.4 Å². The molecule has 1 aliphatic carbocycles. The quantitative estimate of drug-likeness (QED) is 0.831. The Bertz CT molecular complexity index is 681. The van der Waals surface area contributed by atoms with Crippen LogP contribution < -0.4 is 10.2 Å². The van der Waals surface area contributed by atoms with Gasteiger partial charge in [0.15, 0.2) is 0 Å². The first-order valence-corrected chi connectivity index (χ1v) is 8.15. The molecule has 1 aromatic rings. The number of carboxylic acids is 1. The van der Waals surface area contributed by atoms with Gasteiger partial charge in [0.05, 0.1) is 11.8 Å². The minimum Gasteiger partial charge on any atom is -0.481 e. The van der Waals surface area contributed by atoms with E-state index in [1.807, 2.05) is 12.2 Å². The number of rotatable bonds is 4. The monoisotopic (exact) mass is 328 g/mol. The number of nitrogens with zero attached hydrogens (tertiary/aromatic N) is 1. The molecule has 2 N–H and O–H groups in total. The summed E-state index contributed by atoms with van der Waals surface area (Å²) in [4.78, 5) is 37.2. The fourth-order valence-electron chi connectivity index (χ4n) is 3.26. The van der Waals surface area contributed by atoms with Gasteiger partial charge in [-0.25, -0.2) is 0 Å². The van der Waals surface area contributed by atoms with Crippen molar-refractivity contribution in [1.29, 1.82) is 0 Å². The second kappa shape index (κ2) is 6.86. The highest BCUT2D eigenvalue weighted by Gasteiger charge is 2.34. The average Bonchev–Trinajstić information content (AvgIpc) is 3.01. The first kappa shape index (κ1) is 16.2. The van der Waals surface area contributed by atoms with Gasteiger partial charge >= 0.3 is 5.97 Å². The van der Waals surface area contributed by atoms with Crippen LogP contribution in [-0.2, 0) is 14.4 Å². The van der Waals surface area contributed by atoms with E-state index in [1.54, 1.807) is 29.2 Å². The number of hydrogen-bond donors (Lipinski definition) is 2. The van der Waals surface area contributed by atoms with Crippen molar-refractivity contribution < 1.29 is 19.5 Å². The van der Waals surface area contributed by atoms with E-state index in [0.717, 1.165) is 18.7 Å². The SMILES string of the molecule is O=C(O)[C@H]1CC=CC[C@H]1C(=O)Nc1ccc(N2CCCC2=O)cc1. The van der Waals surface area contributed by atoms with Gasteiger partial charge in [-0.15, -0.1) is 0 Å². The van der Waals surface area contributed by atoms with Gasteiger partial charge in [0.1, 0.15) is 0 Å². The summed E-state index contributed by atoms with van der Waals surface area (Å²) in [5.74, 6) is -2.35. The van der Waals surface area contributed by atoms with Crippen LogP contribution in [0, 0.1) is 11.8 Å². The van der Waals surface area contributed by atoms with E-state index in [4.69, 9.17) is 0 Å². The molecule has 1 heterocycles. The standard InChI is InChI=1S/C18H20N2O4/c21-16-6-3-11-20(16)13-9-7-12(8-10-13)19-17(22)14-4-1-2-5-15(14)18(23)24/h1-2,7-10,14-15H,3-6,11H2,(H,19,22)(H,23,24)/t14-,15+/m1/s1. The number of nitrogens with one attached hydrogen (secondary N) is 1. The van der Waals surface area contributed by atoms with Gasteiger partial charge in [-0.05, 0) is 43.5 Å². The second-order valence-electron chi connectivity index (χ2n) is 6.18. The summed E-state index contributed by atoms with van der Waals surface area (Å²) in [5.41, 5.74) is 1.42. The van der Waals surface area contributed by atoms with Crippen LogP contribution in [0.25, 0.3) is 0 Å². The molecular formula is C18H20N2O4. The van der Waals surface area contributed by atoms with Crippen molar-refractivity contribution in [3.8, 4) is 0 Å². The third-order valence-corrected chi connectivity index (χ3v) is 4.61. The summed E-state index contributed by atoms with van der Waals surface area (Å²) in [6.07, 6.45) is 5.91. The second-order valence-corrected chi connectivity index (χ2v) is 6.18. The average molecular weight is 328 g/mol. The third kappa shape index (κ3) is 3.32. The predicted octanol–water partition coefficient (Wildman–Crippen LogP) is 2.42. The molecule has 0 spiro atoms. The molecule has 0 bridgehead atoms. The largest absolute Gasteiger partial charge is 0.481 e. The maximum atomic E-state index is 12.4. The molecular weight excluding hydrogens is 308 g/mol. The normalized spacial score (nSPS) is 23.3. The van der Waals surface area contributed by atoms with Gasteiger partial charge in [0.25, 0.3) is 0 Å². The summed E-state index contributed by atoms with van der Waals surface area (Å²) in [7, 11) is 0. The summed E-state index contributed by atoms with van der Waals surface area (Å²) >= 11 is 0. The van der Waals surface area contributed by atoms with E-state index in [9.17, 15) is 19.5 Å². The summed E-state index contributed by atoms with van der Waals surface area (Å²) in [6, 6.07) is 7.09. The zero-order valence-corrected chi connectivity index (χ0v) is 13.3. The molecule has 0 unspecified atom stereocenters. The third-order valence-electron chi connectivity index (χ3n) is 4.61.